The molecule has 0 saturated heterocycles. The minimum absolute atomic E-state index is 0.421. The maximum absolute atomic E-state index is 4.22. The summed E-state index contributed by atoms with van der Waals surface area (Å²) in [5.74, 6) is 0.932. The predicted molar refractivity (Wildman–Crippen MR) is 68.7 cm³/mol. The molecule has 3 nitrogen and oxygen atoms in total. The van der Waals surface area contributed by atoms with E-state index >= 15 is 0 Å². The Labute approximate surface area is 93.5 Å². The largest absolute Gasteiger partial charge is 0.378 e. The summed E-state index contributed by atoms with van der Waals surface area (Å²) in [5, 5.41) is 3.26. The van der Waals surface area contributed by atoms with Gasteiger partial charge in [0.15, 0.2) is 0 Å². The Bertz CT molecular complexity index is 269. The van der Waals surface area contributed by atoms with Crippen molar-refractivity contribution < 1.29 is 0 Å². The van der Waals surface area contributed by atoms with Gasteiger partial charge in [0.1, 0.15) is 5.82 Å². The Morgan fingerprint density at radius 3 is 2.33 bits per heavy atom. The first-order valence-electron chi connectivity index (χ1n) is 5.49. The van der Waals surface area contributed by atoms with Gasteiger partial charge in [-0.2, -0.15) is 0 Å². The van der Waals surface area contributed by atoms with Crippen LogP contribution in [0.1, 0.15) is 27.7 Å². The van der Waals surface area contributed by atoms with E-state index in [1.807, 2.05) is 46.3 Å². The van der Waals surface area contributed by atoms with Crippen molar-refractivity contribution >= 4 is 11.5 Å². The van der Waals surface area contributed by atoms with E-state index in [0.29, 0.717) is 6.04 Å². The molecule has 0 aliphatic carbocycles. The first kappa shape index (κ1) is 13.8. The molecule has 0 fully saturated rings. The second-order valence-electron chi connectivity index (χ2n) is 3.59. The van der Waals surface area contributed by atoms with Crippen molar-refractivity contribution in [1.29, 1.82) is 0 Å². The van der Waals surface area contributed by atoms with E-state index in [1.165, 1.54) is 0 Å². The predicted octanol–water partition coefficient (Wildman–Crippen LogP) is 2.99. The number of anilines is 2. The molecule has 3 heteroatoms. The molecule has 86 valence electrons. The molecular weight excluding hydrogens is 186 g/mol. The van der Waals surface area contributed by atoms with E-state index in [2.05, 4.69) is 29.0 Å². The summed E-state index contributed by atoms with van der Waals surface area (Å²) in [6.07, 6.45) is 1.82. The maximum atomic E-state index is 4.22. The first-order chi connectivity index (χ1) is 7.09. The van der Waals surface area contributed by atoms with E-state index in [0.717, 1.165) is 11.5 Å². The monoisotopic (exact) mass is 209 g/mol. The number of hydrogen-bond donors (Lipinski definition) is 1. The van der Waals surface area contributed by atoms with E-state index in [4.69, 9.17) is 0 Å². The van der Waals surface area contributed by atoms with Crippen molar-refractivity contribution in [3.05, 3.63) is 18.3 Å². The second kappa shape index (κ2) is 7.10. The first-order valence-corrected chi connectivity index (χ1v) is 5.49. The highest BCUT2D eigenvalue weighted by molar-refractivity contribution is 5.52. The zero-order chi connectivity index (χ0) is 11.8. The lowest BCUT2D eigenvalue weighted by Crippen LogP contribution is -2.13. The number of pyridine rings is 1. The van der Waals surface area contributed by atoms with Gasteiger partial charge in [0.2, 0.25) is 0 Å². The van der Waals surface area contributed by atoms with Crippen molar-refractivity contribution in [3.8, 4) is 0 Å². The van der Waals surface area contributed by atoms with Crippen LogP contribution in [-0.4, -0.2) is 25.1 Å². The van der Waals surface area contributed by atoms with Crippen molar-refractivity contribution in [2.24, 2.45) is 0 Å². The topological polar surface area (TPSA) is 28.2 Å². The van der Waals surface area contributed by atoms with Gasteiger partial charge in [0, 0.05) is 38.1 Å². The van der Waals surface area contributed by atoms with Gasteiger partial charge in [-0.05, 0) is 19.9 Å². The molecule has 1 aromatic heterocycles. The Hall–Kier alpha value is -1.25. The molecule has 0 spiro atoms. The van der Waals surface area contributed by atoms with Crippen molar-refractivity contribution in [2.45, 2.75) is 33.7 Å². The molecule has 0 radical (unpaired) electrons. The van der Waals surface area contributed by atoms with Gasteiger partial charge in [0.25, 0.3) is 0 Å². The van der Waals surface area contributed by atoms with Crippen LogP contribution in [0.2, 0.25) is 0 Å². The van der Waals surface area contributed by atoms with Crippen molar-refractivity contribution in [1.82, 2.24) is 4.98 Å². The number of nitrogens with zero attached hydrogens (tertiary/aromatic N) is 2. The van der Waals surface area contributed by atoms with Crippen LogP contribution in [0.5, 0.6) is 0 Å². The third-order valence-electron chi connectivity index (χ3n) is 1.70. The van der Waals surface area contributed by atoms with Crippen LogP contribution >= 0.6 is 0 Å². The van der Waals surface area contributed by atoms with Crippen molar-refractivity contribution in [3.63, 3.8) is 0 Å². The van der Waals surface area contributed by atoms with Gasteiger partial charge in [-0.1, -0.05) is 13.8 Å². The van der Waals surface area contributed by atoms with Gasteiger partial charge in [-0.25, -0.2) is 4.98 Å². The van der Waals surface area contributed by atoms with Gasteiger partial charge in [-0.15, -0.1) is 0 Å². The number of aromatic nitrogens is 1. The van der Waals surface area contributed by atoms with Gasteiger partial charge >= 0.3 is 0 Å². The van der Waals surface area contributed by atoms with Crippen LogP contribution in [0.4, 0.5) is 11.5 Å². The molecule has 1 rings (SSSR count). The molecule has 1 N–H and O–H groups in total. The molecule has 0 bridgehead atoms. The highest BCUT2D eigenvalue weighted by atomic mass is 15.1. The summed E-state index contributed by atoms with van der Waals surface area (Å²) in [5.41, 5.74) is 1.16. The van der Waals surface area contributed by atoms with E-state index < -0.39 is 0 Å². The standard InChI is InChI=1S/C10H17N3.C2H6/c1-8(2)12-10-7-9(13(3)4)5-6-11-10;1-2/h5-8H,1-4H3,(H,11,12);1-2H3. The molecule has 15 heavy (non-hydrogen) atoms. The smallest absolute Gasteiger partial charge is 0.128 e. The molecule has 0 aromatic carbocycles. The number of hydrogen-bond acceptors (Lipinski definition) is 3. The second-order valence-corrected chi connectivity index (χ2v) is 3.59. The van der Waals surface area contributed by atoms with Crippen LogP contribution in [0, 0.1) is 0 Å². The molecule has 0 unspecified atom stereocenters. The number of rotatable bonds is 3. The molecule has 0 atom stereocenters. The average molecular weight is 209 g/mol. The molecule has 0 amide bonds. The molecule has 1 heterocycles. The quantitative estimate of drug-likeness (QED) is 0.829. The summed E-state index contributed by atoms with van der Waals surface area (Å²) < 4.78 is 0. The fourth-order valence-corrected chi connectivity index (χ4v) is 1.07. The third-order valence-corrected chi connectivity index (χ3v) is 1.70. The maximum Gasteiger partial charge on any atom is 0.128 e. The van der Waals surface area contributed by atoms with Crippen molar-refractivity contribution in [2.75, 3.05) is 24.3 Å². The van der Waals surface area contributed by atoms with Crippen LogP contribution in [0.3, 0.4) is 0 Å². The average Bonchev–Trinajstić information content (AvgIpc) is 2.20. The summed E-state index contributed by atoms with van der Waals surface area (Å²) in [6, 6.07) is 4.45. The SMILES string of the molecule is CC.CC(C)Nc1cc(N(C)C)ccn1. The Balaban J connectivity index is 0.000000921. The summed E-state index contributed by atoms with van der Waals surface area (Å²) in [6.45, 7) is 8.20. The van der Waals surface area contributed by atoms with E-state index in [1.54, 1.807) is 0 Å². The Morgan fingerprint density at radius 2 is 1.87 bits per heavy atom. The van der Waals surface area contributed by atoms with Gasteiger partial charge in [-0.3, -0.25) is 0 Å². The van der Waals surface area contributed by atoms with E-state index in [9.17, 15) is 0 Å². The summed E-state index contributed by atoms with van der Waals surface area (Å²) >= 11 is 0. The normalized spacial score (nSPS) is 9.27. The lowest BCUT2D eigenvalue weighted by molar-refractivity contribution is 0.888. The Morgan fingerprint density at radius 1 is 1.27 bits per heavy atom. The molecular formula is C12H23N3. The van der Waals surface area contributed by atoms with Crippen LogP contribution in [0.15, 0.2) is 18.3 Å². The highest BCUT2D eigenvalue weighted by Crippen LogP contribution is 2.14. The molecule has 1 aromatic rings. The lowest BCUT2D eigenvalue weighted by atomic mass is 10.3. The molecule has 0 saturated carbocycles. The fourth-order valence-electron chi connectivity index (χ4n) is 1.07. The molecule has 0 aliphatic heterocycles. The fraction of sp³-hybridized carbons (Fsp3) is 0.583. The van der Waals surface area contributed by atoms with E-state index in [-0.39, 0.29) is 0 Å². The summed E-state index contributed by atoms with van der Waals surface area (Å²) in [7, 11) is 4.04. The third kappa shape index (κ3) is 5.25. The Kier molecular flexibility index (Phi) is 6.50. The van der Waals surface area contributed by atoms with Gasteiger partial charge < -0.3 is 10.2 Å². The van der Waals surface area contributed by atoms with Crippen LogP contribution < -0.4 is 10.2 Å². The van der Waals surface area contributed by atoms with Gasteiger partial charge in [0.05, 0.1) is 0 Å². The number of nitrogens with one attached hydrogen (secondary N) is 1. The zero-order valence-corrected chi connectivity index (χ0v) is 10.7. The highest BCUT2D eigenvalue weighted by Gasteiger charge is 1.99. The van der Waals surface area contributed by atoms with Crippen LogP contribution in [-0.2, 0) is 0 Å². The zero-order valence-electron chi connectivity index (χ0n) is 10.7. The lowest BCUT2D eigenvalue weighted by Gasteiger charge is -2.14. The molecule has 0 aliphatic rings. The van der Waals surface area contributed by atoms with Crippen LogP contribution in [0.25, 0.3) is 0 Å². The summed E-state index contributed by atoms with van der Waals surface area (Å²) in [4.78, 5) is 6.29. The minimum atomic E-state index is 0.421. The minimum Gasteiger partial charge on any atom is -0.378 e.